The molecule has 0 bridgehead atoms. The Morgan fingerprint density at radius 1 is 0.818 bits per heavy atom. The number of hydrogen-bond acceptors (Lipinski definition) is 1. The summed E-state index contributed by atoms with van der Waals surface area (Å²) in [6.07, 6.45) is 1.69. The fourth-order valence-corrected chi connectivity index (χ4v) is 3.86. The van der Waals surface area contributed by atoms with Crippen LogP contribution in [-0.4, -0.2) is 17.0 Å². The van der Waals surface area contributed by atoms with Crippen molar-refractivity contribution in [1.29, 1.82) is 0 Å². The maximum absolute atomic E-state index is 8.66. The minimum atomic E-state index is 0.167. The first-order chi connectivity index (χ1) is 10.5. The fourth-order valence-electron chi connectivity index (χ4n) is 1.67. The summed E-state index contributed by atoms with van der Waals surface area (Å²) in [5.41, 5.74) is 2.36. The maximum atomic E-state index is 8.66. The molecule has 0 radical (unpaired) electrons. The topological polar surface area (TPSA) is 20.2 Å². The summed E-state index contributed by atoms with van der Waals surface area (Å²) in [5.74, 6) is 0. The van der Waals surface area contributed by atoms with Crippen molar-refractivity contribution in [3.63, 3.8) is 0 Å². The minimum Gasteiger partial charge on any atom is -0.396 e. The number of aliphatic hydroxyl groups excluding tert-OH is 1. The van der Waals surface area contributed by atoms with Gasteiger partial charge < -0.3 is 5.11 Å². The molecule has 2 aromatic carbocycles. The third-order valence-electron chi connectivity index (χ3n) is 2.78. The molecule has 0 aromatic heterocycles. The molecule has 2 rings (SSSR count). The Morgan fingerprint density at radius 2 is 1.27 bits per heavy atom. The molecular formula is C16H15Br3Cl2O. The summed E-state index contributed by atoms with van der Waals surface area (Å²) in [4.78, 5) is 0. The Bertz CT molecular complexity index is 552. The normalized spacial score (nSPS) is 10.1. The van der Waals surface area contributed by atoms with E-state index in [-0.39, 0.29) is 6.61 Å². The number of halogens is 5. The van der Waals surface area contributed by atoms with E-state index in [0.29, 0.717) is 11.4 Å². The Hall–Kier alpha value is 0.420. The van der Waals surface area contributed by atoms with Gasteiger partial charge in [-0.15, -0.1) is 0 Å². The van der Waals surface area contributed by atoms with Crippen LogP contribution in [0.4, 0.5) is 0 Å². The second kappa shape index (κ2) is 11.1. The lowest BCUT2D eigenvalue weighted by molar-refractivity contribution is 0.299. The van der Waals surface area contributed by atoms with Crippen molar-refractivity contribution >= 4 is 71.0 Å². The quantitative estimate of drug-likeness (QED) is 0.435. The Kier molecular flexibility index (Phi) is 10.3. The number of aliphatic hydroxyl groups is 1. The van der Waals surface area contributed by atoms with Crippen molar-refractivity contribution in [3.05, 3.63) is 66.5 Å². The molecule has 0 aliphatic carbocycles. The SMILES string of the molecule is Clc1ccc(CCBr)c(Br)c1.OCCc1ccc(Cl)cc1Br. The predicted molar refractivity (Wildman–Crippen MR) is 107 cm³/mol. The molecule has 6 heteroatoms. The molecule has 1 nitrogen and oxygen atoms in total. The molecule has 0 saturated carbocycles. The summed E-state index contributed by atoms with van der Waals surface area (Å²) >= 11 is 21.7. The summed E-state index contributed by atoms with van der Waals surface area (Å²) in [6.45, 7) is 0.167. The molecule has 0 unspecified atom stereocenters. The molecule has 0 heterocycles. The van der Waals surface area contributed by atoms with Crippen molar-refractivity contribution < 1.29 is 5.11 Å². The third-order valence-corrected chi connectivity index (χ3v) is 5.12. The summed E-state index contributed by atoms with van der Waals surface area (Å²) in [6, 6.07) is 11.4. The number of alkyl halides is 1. The van der Waals surface area contributed by atoms with Crippen LogP contribution >= 0.6 is 71.0 Å². The van der Waals surface area contributed by atoms with E-state index in [1.54, 1.807) is 0 Å². The van der Waals surface area contributed by atoms with Crippen LogP contribution in [0.3, 0.4) is 0 Å². The van der Waals surface area contributed by atoms with Gasteiger partial charge in [-0.1, -0.05) is 83.1 Å². The van der Waals surface area contributed by atoms with E-state index in [2.05, 4.69) is 47.8 Å². The van der Waals surface area contributed by atoms with Gasteiger partial charge >= 0.3 is 0 Å². The molecule has 2 aromatic rings. The highest BCUT2D eigenvalue weighted by Crippen LogP contribution is 2.22. The van der Waals surface area contributed by atoms with Gasteiger partial charge in [-0.2, -0.15) is 0 Å². The van der Waals surface area contributed by atoms with Crippen molar-refractivity contribution in [2.45, 2.75) is 12.8 Å². The summed E-state index contributed by atoms with van der Waals surface area (Å²) in [7, 11) is 0. The lowest BCUT2D eigenvalue weighted by Gasteiger charge is -2.01. The van der Waals surface area contributed by atoms with E-state index >= 15 is 0 Å². The number of benzene rings is 2. The molecule has 0 fully saturated rings. The van der Waals surface area contributed by atoms with Crippen molar-refractivity contribution in [3.8, 4) is 0 Å². The molecule has 0 aliphatic rings. The Balaban J connectivity index is 0.000000220. The van der Waals surface area contributed by atoms with Gasteiger partial charge in [0.2, 0.25) is 0 Å². The molecular weight excluding hydrogens is 519 g/mol. The van der Waals surface area contributed by atoms with E-state index < -0.39 is 0 Å². The first-order valence-electron chi connectivity index (χ1n) is 6.52. The molecule has 0 amide bonds. The van der Waals surface area contributed by atoms with Gasteiger partial charge in [-0.05, 0) is 48.2 Å². The van der Waals surface area contributed by atoms with E-state index in [0.717, 1.165) is 31.3 Å². The predicted octanol–water partition coefficient (Wildman–Crippen LogP) is 6.68. The molecule has 0 aliphatic heterocycles. The van der Waals surface area contributed by atoms with Crippen LogP contribution in [-0.2, 0) is 12.8 Å². The van der Waals surface area contributed by atoms with Gasteiger partial charge in [0.05, 0.1) is 0 Å². The molecule has 120 valence electrons. The zero-order valence-corrected chi connectivity index (χ0v) is 17.9. The van der Waals surface area contributed by atoms with Crippen molar-refractivity contribution in [2.24, 2.45) is 0 Å². The summed E-state index contributed by atoms with van der Waals surface area (Å²) < 4.78 is 2.04. The van der Waals surface area contributed by atoms with E-state index in [1.807, 2.05) is 36.4 Å². The zero-order valence-electron chi connectivity index (χ0n) is 11.6. The highest BCUT2D eigenvalue weighted by Gasteiger charge is 1.99. The van der Waals surface area contributed by atoms with Crippen LogP contribution in [0, 0.1) is 0 Å². The molecule has 0 atom stereocenters. The van der Waals surface area contributed by atoms with Crippen LogP contribution in [0.25, 0.3) is 0 Å². The van der Waals surface area contributed by atoms with Gasteiger partial charge in [0, 0.05) is 30.9 Å². The lowest BCUT2D eigenvalue weighted by Crippen LogP contribution is -1.90. The Morgan fingerprint density at radius 3 is 1.64 bits per heavy atom. The molecule has 0 spiro atoms. The zero-order chi connectivity index (χ0) is 16.5. The van der Waals surface area contributed by atoms with Crippen LogP contribution in [0.15, 0.2) is 45.3 Å². The van der Waals surface area contributed by atoms with E-state index in [4.69, 9.17) is 28.3 Å². The van der Waals surface area contributed by atoms with Gasteiger partial charge in [0.25, 0.3) is 0 Å². The average molecular weight is 534 g/mol. The van der Waals surface area contributed by atoms with Crippen LogP contribution < -0.4 is 0 Å². The molecule has 0 saturated heterocycles. The standard InChI is InChI=1S/C8H7Br2Cl.C8H8BrClO/c9-4-3-6-1-2-7(11)5-8(6)10;9-8-5-7(10)2-1-6(8)3-4-11/h1-2,5H,3-4H2;1-2,5,11H,3-4H2. The second-order valence-corrected chi connectivity index (χ2v) is 7.76. The van der Waals surface area contributed by atoms with Crippen LogP contribution in [0.1, 0.15) is 11.1 Å². The monoisotopic (exact) mass is 530 g/mol. The smallest absolute Gasteiger partial charge is 0.0471 e. The summed E-state index contributed by atoms with van der Waals surface area (Å²) in [5, 5.41) is 11.1. The average Bonchev–Trinajstić information content (AvgIpc) is 2.46. The minimum absolute atomic E-state index is 0.167. The number of rotatable bonds is 4. The van der Waals surface area contributed by atoms with Crippen LogP contribution in [0.5, 0.6) is 0 Å². The molecule has 22 heavy (non-hydrogen) atoms. The van der Waals surface area contributed by atoms with Crippen molar-refractivity contribution in [2.75, 3.05) is 11.9 Å². The highest BCUT2D eigenvalue weighted by atomic mass is 79.9. The number of aryl methyl sites for hydroxylation is 1. The first kappa shape index (κ1) is 20.5. The van der Waals surface area contributed by atoms with Gasteiger partial charge in [0.1, 0.15) is 0 Å². The van der Waals surface area contributed by atoms with Crippen molar-refractivity contribution in [1.82, 2.24) is 0 Å². The van der Waals surface area contributed by atoms with E-state index in [1.165, 1.54) is 5.56 Å². The third kappa shape index (κ3) is 7.33. The van der Waals surface area contributed by atoms with E-state index in [9.17, 15) is 0 Å². The lowest BCUT2D eigenvalue weighted by atomic mass is 10.2. The Labute approximate surface area is 166 Å². The van der Waals surface area contributed by atoms with Gasteiger partial charge in [-0.3, -0.25) is 0 Å². The van der Waals surface area contributed by atoms with Gasteiger partial charge in [-0.25, -0.2) is 0 Å². The maximum Gasteiger partial charge on any atom is 0.0471 e. The second-order valence-electron chi connectivity index (χ2n) is 4.38. The number of hydrogen-bond donors (Lipinski definition) is 1. The molecule has 1 N–H and O–H groups in total. The fraction of sp³-hybridized carbons (Fsp3) is 0.250. The van der Waals surface area contributed by atoms with Gasteiger partial charge in [0.15, 0.2) is 0 Å². The van der Waals surface area contributed by atoms with Crippen LogP contribution in [0.2, 0.25) is 10.0 Å². The largest absolute Gasteiger partial charge is 0.396 e. The first-order valence-corrected chi connectivity index (χ1v) is 9.99. The highest BCUT2D eigenvalue weighted by molar-refractivity contribution is 9.11.